The van der Waals surface area contributed by atoms with E-state index < -0.39 is 7.12 Å². The van der Waals surface area contributed by atoms with Crippen molar-refractivity contribution in [3.05, 3.63) is 368 Å². The summed E-state index contributed by atoms with van der Waals surface area (Å²) in [6, 6.07) is 128. The van der Waals surface area contributed by atoms with E-state index in [9.17, 15) is 10.0 Å². The van der Waals surface area contributed by atoms with E-state index in [0.717, 1.165) is 86.9 Å². The van der Waals surface area contributed by atoms with Gasteiger partial charge in [0.25, 0.3) is 0 Å². The van der Waals surface area contributed by atoms with Crippen molar-refractivity contribution in [3.8, 4) is 77.9 Å². The Bertz CT molecular complexity index is 6490. The second kappa shape index (κ2) is 29.2. The molecule has 0 bridgehead atoms. The summed E-state index contributed by atoms with van der Waals surface area (Å²) in [7, 11) is -1.51. The van der Waals surface area contributed by atoms with Crippen LogP contribution in [0.4, 0.5) is 0 Å². The molecule has 7 heteroatoms. The van der Waals surface area contributed by atoms with Crippen LogP contribution in [0.25, 0.3) is 186 Å². The Balaban J connectivity index is 0.000000135. The van der Waals surface area contributed by atoms with Crippen LogP contribution >= 0.6 is 15.9 Å². The van der Waals surface area contributed by atoms with Crippen LogP contribution in [0.15, 0.2) is 377 Å². The van der Waals surface area contributed by atoms with Gasteiger partial charge in [-0.3, -0.25) is 0 Å². The largest absolute Gasteiger partial charge is 1.00 e. The molecule has 0 amide bonds. The van der Waals surface area contributed by atoms with Gasteiger partial charge in [-0.05, 0) is 231 Å². The molecule has 0 unspecified atom stereocenters. The minimum Gasteiger partial charge on any atom is -1.00 e. The SMILES string of the molecule is Brc1c2ccccc2c(-c2ccc3c(c2)oc2ccccc23)c2ccccc12.C.OB(O)c1cc(-c2ccccc2)cc2cc(-c3ccccc3)ccc12.[H-].[K+].c1ccc(-c2ccc3c(-c4c5ccccc5c(-c5ccc6c(c5)oc5ccccc56)c5ccccc45)cc(-c4ccccc4)cc3c2)cc1. The molecule has 20 aromatic rings. The van der Waals surface area contributed by atoms with Gasteiger partial charge in [0.15, 0.2) is 0 Å². The van der Waals surface area contributed by atoms with Crippen LogP contribution in [0.2, 0.25) is 0 Å². The van der Waals surface area contributed by atoms with Gasteiger partial charge >= 0.3 is 58.5 Å². The van der Waals surface area contributed by atoms with Gasteiger partial charge in [-0.1, -0.05) is 305 Å². The molecule has 2 heterocycles. The number of para-hydroxylation sites is 2. The maximum atomic E-state index is 9.83. The maximum absolute atomic E-state index is 9.83. The van der Waals surface area contributed by atoms with Crippen molar-refractivity contribution in [1.29, 1.82) is 0 Å². The van der Waals surface area contributed by atoms with Crippen LogP contribution in [-0.4, -0.2) is 17.2 Å². The minimum absolute atomic E-state index is 0. The van der Waals surface area contributed by atoms with E-state index in [4.69, 9.17) is 8.83 Å². The van der Waals surface area contributed by atoms with Gasteiger partial charge in [0.2, 0.25) is 0 Å². The normalized spacial score (nSPS) is 11.3. The summed E-state index contributed by atoms with van der Waals surface area (Å²) >= 11 is 3.83. The molecule has 2 N–H and O–H groups in total. The quantitative estimate of drug-likeness (QED) is 0.118. The number of hydrogen-bond donors (Lipinski definition) is 2. The number of halogens is 1. The fourth-order valence-electron chi connectivity index (χ4n) is 15.3. The molecule has 0 saturated carbocycles. The second-order valence-electron chi connectivity index (χ2n) is 26.0. The molecule has 490 valence electrons. The van der Waals surface area contributed by atoms with E-state index in [2.05, 4.69) is 289 Å². The molecule has 0 fully saturated rings. The summed E-state index contributed by atoms with van der Waals surface area (Å²) in [4.78, 5) is 0. The van der Waals surface area contributed by atoms with Gasteiger partial charge in [-0.25, -0.2) is 0 Å². The van der Waals surface area contributed by atoms with E-state index in [1.165, 1.54) is 104 Å². The summed E-state index contributed by atoms with van der Waals surface area (Å²) in [5, 5.41) is 38.4. The predicted molar refractivity (Wildman–Crippen MR) is 442 cm³/mol. The van der Waals surface area contributed by atoms with Gasteiger partial charge in [-0.15, -0.1) is 0 Å². The van der Waals surface area contributed by atoms with Crippen LogP contribution < -0.4 is 56.8 Å². The number of furan rings is 2. The molecule has 0 aliphatic heterocycles. The molecule has 0 radical (unpaired) electrons. The molecule has 104 heavy (non-hydrogen) atoms. The summed E-state index contributed by atoms with van der Waals surface area (Å²) in [5.41, 5.74) is 20.6. The van der Waals surface area contributed by atoms with E-state index in [0.29, 0.717) is 5.46 Å². The monoisotopic (exact) mass is 1420 g/mol. The van der Waals surface area contributed by atoms with Gasteiger partial charge in [-0.2, -0.15) is 0 Å². The fourth-order valence-corrected chi connectivity index (χ4v) is 16.0. The number of fused-ring (bicyclic) bond motifs is 12. The first-order valence-corrected chi connectivity index (χ1v) is 35.2. The van der Waals surface area contributed by atoms with Crippen molar-refractivity contribution in [3.63, 3.8) is 0 Å². The second-order valence-corrected chi connectivity index (χ2v) is 26.8. The smallest absolute Gasteiger partial charge is 1.00 e. The first-order chi connectivity index (χ1) is 50.3. The molecular weight excluding hydrogens is 1360 g/mol. The molecule has 0 atom stereocenters. The number of rotatable bonds is 8. The first-order valence-electron chi connectivity index (χ1n) is 34.4. The van der Waals surface area contributed by atoms with Crippen LogP contribution in [-0.2, 0) is 0 Å². The summed E-state index contributed by atoms with van der Waals surface area (Å²) in [5.74, 6) is 0. The molecule has 0 spiro atoms. The van der Waals surface area contributed by atoms with Crippen molar-refractivity contribution in [2.24, 2.45) is 0 Å². The summed E-state index contributed by atoms with van der Waals surface area (Å²) < 4.78 is 13.7. The Morgan fingerprint density at radius 3 is 0.933 bits per heavy atom. The third kappa shape index (κ3) is 12.6. The van der Waals surface area contributed by atoms with Gasteiger partial charge in [0, 0.05) is 26.0 Å². The first kappa shape index (κ1) is 67.7. The zero-order valence-electron chi connectivity index (χ0n) is 57.3. The van der Waals surface area contributed by atoms with Crippen LogP contribution in [0.1, 0.15) is 8.85 Å². The molecule has 18 aromatic carbocycles. The van der Waals surface area contributed by atoms with E-state index >= 15 is 0 Å². The predicted octanol–water partition coefficient (Wildman–Crippen LogP) is 23.6. The number of benzene rings is 18. The van der Waals surface area contributed by atoms with Crippen LogP contribution in [0.3, 0.4) is 0 Å². The van der Waals surface area contributed by atoms with E-state index in [1.54, 1.807) is 0 Å². The Hall–Kier alpha value is -10.8. The van der Waals surface area contributed by atoms with Crippen LogP contribution in [0, 0.1) is 0 Å². The van der Waals surface area contributed by atoms with Crippen molar-refractivity contribution >= 4 is 137 Å². The van der Waals surface area contributed by atoms with Crippen molar-refractivity contribution in [2.75, 3.05) is 0 Å². The summed E-state index contributed by atoms with van der Waals surface area (Å²) in [6.07, 6.45) is 0. The third-order valence-electron chi connectivity index (χ3n) is 20.0. The number of hydrogen-bond acceptors (Lipinski definition) is 4. The third-order valence-corrected chi connectivity index (χ3v) is 20.9. The molecule has 20 rings (SSSR count). The van der Waals surface area contributed by atoms with Gasteiger partial charge < -0.3 is 20.3 Å². The Kier molecular flexibility index (Phi) is 19.0. The Morgan fingerprint density at radius 1 is 0.231 bits per heavy atom. The molecule has 2 aromatic heterocycles. The molecule has 0 saturated heterocycles. The topological polar surface area (TPSA) is 66.7 Å². The maximum Gasteiger partial charge on any atom is 1.00 e. The molecule has 4 nitrogen and oxygen atoms in total. The zero-order chi connectivity index (χ0) is 68.2. The van der Waals surface area contributed by atoms with E-state index in [1.807, 2.05) is 91.0 Å². The average molecular weight is 1430 g/mol. The van der Waals surface area contributed by atoms with Gasteiger partial charge in [0.1, 0.15) is 22.3 Å². The zero-order valence-corrected chi connectivity index (χ0v) is 61.0. The minimum atomic E-state index is -1.51. The fraction of sp³-hybridized carbons (Fsp3) is 0.0103. The van der Waals surface area contributed by atoms with Crippen molar-refractivity contribution in [2.45, 2.75) is 7.43 Å². The molecule has 0 aliphatic carbocycles. The Labute approximate surface area is 655 Å². The van der Waals surface area contributed by atoms with Crippen LogP contribution in [0.5, 0.6) is 0 Å². The van der Waals surface area contributed by atoms with Gasteiger partial charge in [0.05, 0.1) is 0 Å². The molecular formula is C97H67BBrKO4. The standard InChI is InChI=1S/C48H30O.C26H15BrO.C22H17BO2.CH4.K.H/c1-3-13-31(14-4-1)33-23-25-37-36(27-33)28-35(32-15-5-2-6-16-32)29-44(37)48-42-20-9-7-18-40(42)47(41-19-8-10-21-43(41)48)34-24-26-39-38-17-11-12-22-45(38)49-46(39)30-34;27-26-21-10-3-1-8-19(21)25(20-9-2-4-11-22(20)26)16-13-14-18-17-7-5-6-12-23(17)28-24(18)15-16;24-23(25)22-15-19(17-9-5-2-6-10-17)14-20-13-18(11-12-21(20)22)16-7-3-1-4-8-16;;;/h1-30H;1-15H;1-15,24-25H;1H4;;/q;;;;+1;-1. The average Bonchev–Trinajstić information content (AvgIpc) is 1.73. The van der Waals surface area contributed by atoms with E-state index in [-0.39, 0.29) is 60.2 Å². The Morgan fingerprint density at radius 2 is 0.519 bits per heavy atom. The van der Waals surface area contributed by atoms with Crippen molar-refractivity contribution < 1.29 is 71.7 Å². The summed E-state index contributed by atoms with van der Waals surface area (Å²) in [6.45, 7) is 0. The molecule has 0 aliphatic rings. The van der Waals surface area contributed by atoms with Crippen molar-refractivity contribution in [1.82, 2.24) is 0 Å².